The van der Waals surface area contributed by atoms with Crippen molar-refractivity contribution in [1.82, 2.24) is 4.90 Å². The zero-order valence-electron chi connectivity index (χ0n) is 11.8. The first-order valence-corrected chi connectivity index (χ1v) is 9.06. The van der Waals surface area contributed by atoms with Crippen LogP contribution >= 0.6 is 10.7 Å². The number of hydrogen-bond donors (Lipinski definition) is 0. The SMILES string of the molecule is CC1CCN(C(=O)c2cc(F)ccc2S(=O)(=O)Cl)C(C)C1. The van der Waals surface area contributed by atoms with E-state index < -0.39 is 20.8 Å². The summed E-state index contributed by atoms with van der Waals surface area (Å²) in [5, 5.41) is 0. The maximum atomic E-state index is 13.4. The molecule has 1 aliphatic rings. The van der Waals surface area contributed by atoms with Gasteiger partial charge in [-0.1, -0.05) is 6.92 Å². The molecule has 116 valence electrons. The van der Waals surface area contributed by atoms with Crippen LogP contribution in [0.2, 0.25) is 0 Å². The van der Waals surface area contributed by atoms with E-state index in [0.717, 1.165) is 31.0 Å². The molecule has 4 nitrogen and oxygen atoms in total. The first kappa shape index (κ1) is 16.2. The highest BCUT2D eigenvalue weighted by Crippen LogP contribution is 2.27. The van der Waals surface area contributed by atoms with Gasteiger partial charge in [0, 0.05) is 23.3 Å². The molecule has 1 aromatic carbocycles. The highest BCUT2D eigenvalue weighted by Gasteiger charge is 2.31. The van der Waals surface area contributed by atoms with Gasteiger partial charge in [-0.2, -0.15) is 0 Å². The van der Waals surface area contributed by atoms with Crippen LogP contribution in [0.3, 0.4) is 0 Å². The van der Waals surface area contributed by atoms with Crippen molar-refractivity contribution in [2.24, 2.45) is 5.92 Å². The van der Waals surface area contributed by atoms with Gasteiger partial charge in [-0.3, -0.25) is 4.79 Å². The van der Waals surface area contributed by atoms with Crippen molar-refractivity contribution in [2.45, 2.75) is 37.6 Å². The first-order valence-electron chi connectivity index (χ1n) is 6.75. The minimum absolute atomic E-state index is 0.0182. The number of likely N-dealkylation sites (tertiary alicyclic amines) is 1. The quantitative estimate of drug-likeness (QED) is 0.782. The van der Waals surface area contributed by atoms with Gasteiger partial charge < -0.3 is 4.90 Å². The van der Waals surface area contributed by atoms with Gasteiger partial charge in [0.15, 0.2) is 0 Å². The highest BCUT2D eigenvalue weighted by molar-refractivity contribution is 8.13. The van der Waals surface area contributed by atoms with Crippen LogP contribution in [-0.4, -0.2) is 31.8 Å². The fourth-order valence-electron chi connectivity index (χ4n) is 2.75. The van der Waals surface area contributed by atoms with Crippen LogP contribution < -0.4 is 0 Å². The summed E-state index contributed by atoms with van der Waals surface area (Å²) in [7, 11) is 1.23. The van der Waals surface area contributed by atoms with Crippen LogP contribution in [0.1, 0.15) is 37.0 Å². The Morgan fingerprint density at radius 2 is 2.05 bits per heavy atom. The lowest BCUT2D eigenvalue weighted by Gasteiger charge is -2.36. The predicted molar refractivity (Wildman–Crippen MR) is 78.3 cm³/mol. The average molecular weight is 334 g/mol. The number of benzene rings is 1. The molecule has 2 rings (SSSR count). The van der Waals surface area contributed by atoms with Gasteiger partial charge in [-0.25, -0.2) is 12.8 Å². The molecule has 2 unspecified atom stereocenters. The van der Waals surface area contributed by atoms with E-state index >= 15 is 0 Å². The van der Waals surface area contributed by atoms with Gasteiger partial charge in [-0.05, 0) is 43.9 Å². The molecule has 0 aliphatic carbocycles. The van der Waals surface area contributed by atoms with E-state index in [9.17, 15) is 17.6 Å². The van der Waals surface area contributed by atoms with Crippen molar-refractivity contribution in [3.63, 3.8) is 0 Å². The van der Waals surface area contributed by atoms with E-state index in [0.29, 0.717) is 12.5 Å². The number of amides is 1. The third-order valence-corrected chi connectivity index (χ3v) is 5.21. The first-order chi connectivity index (χ1) is 9.70. The zero-order chi connectivity index (χ0) is 15.8. The Kier molecular flexibility index (Phi) is 4.58. The number of carbonyl (C=O) groups excluding carboxylic acids is 1. The fourth-order valence-corrected chi connectivity index (χ4v) is 3.79. The number of carbonyl (C=O) groups is 1. The fraction of sp³-hybridized carbons (Fsp3) is 0.500. The molecule has 0 radical (unpaired) electrons. The van der Waals surface area contributed by atoms with Gasteiger partial charge in [0.2, 0.25) is 0 Å². The molecule has 2 atom stereocenters. The summed E-state index contributed by atoms with van der Waals surface area (Å²) in [5.74, 6) is -0.652. The van der Waals surface area contributed by atoms with E-state index in [2.05, 4.69) is 6.92 Å². The molecule has 1 heterocycles. The lowest BCUT2D eigenvalue weighted by molar-refractivity contribution is 0.0584. The molecule has 0 bridgehead atoms. The maximum absolute atomic E-state index is 13.4. The Morgan fingerprint density at radius 1 is 1.38 bits per heavy atom. The molecule has 7 heteroatoms. The zero-order valence-corrected chi connectivity index (χ0v) is 13.4. The van der Waals surface area contributed by atoms with Crippen molar-refractivity contribution >= 4 is 25.6 Å². The molecule has 0 aromatic heterocycles. The van der Waals surface area contributed by atoms with Gasteiger partial charge in [-0.15, -0.1) is 0 Å². The Balaban J connectivity index is 2.41. The standard InChI is InChI=1S/C14H17ClFNO3S/c1-9-5-6-17(10(2)7-9)14(18)12-8-11(16)3-4-13(12)21(15,19)20/h3-4,8-10H,5-7H2,1-2H3. The second kappa shape index (κ2) is 5.93. The monoisotopic (exact) mass is 333 g/mol. The van der Waals surface area contributed by atoms with Crippen LogP contribution in [0.15, 0.2) is 23.1 Å². The van der Waals surface area contributed by atoms with Gasteiger partial charge in [0.05, 0.1) is 10.5 Å². The molecule has 0 saturated carbocycles. The van der Waals surface area contributed by atoms with E-state index in [1.807, 2.05) is 6.92 Å². The van der Waals surface area contributed by atoms with Crippen LogP contribution in [0.5, 0.6) is 0 Å². The molecule has 1 aliphatic heterocycles. The van der Waals surface area contributed by atoms with E-state index in [1.54, 1.807) is 4.90 Å². The van der Waals surface area contributed by atoms with Crippen LogP contribution in [0.25, 0.3) is 0 Å². The molecule has 0 spiro atoms. The third kappa shape index (κ3) is 3.55. The molecule has 1 aromatic rings. The second-order valence-corrected chi connectivity index (χ2v) is 8.09. The van der Waals surface area contributed by atoms with Crippen molar-refractivity contribution in [1.29, 1.82) is 0 Å². The average Bonchev–Trinajstić information content (AvgIpc) is 2.36. The lowest BCUT2D eigenvalue weighted by Crippen LogP contribution is -2.44. The Labute approximate surface area is 128 Å². The molecular formula is C14H17ClFNO3S. The summed E-state index contributed by atoms with van der Waals surface area (Å²) in [6.45, 7) is 4.54. The number of halogens is 2. The van der Waals surface area contributed by atoms with E-state index in [1.165, 1.54) is 0 Å². The number of rotatable bonds is 2. The smallest absolute Gasteiger partial charge is 0.262 e. The van der Waals surface area contributed by atoms with Crippen molar-refractivity contribution in [3.8, 4) is 0 Å². The minimum Gasteiger partial charge on any atom is -0.336 e. The van der Waals surface area contributed by atoms with Crippen LogP contribution in [-0.2, 0) is 9.05 Å². The number of nitrogens with zero attached hydrogens (tertiary/aromatic N) is 1. The maximum Gasteiger partial charge on any atom is 0.262 e. The summed E-state index contributed by atoms with van der Waals surface area (Å²) in [5.41, 5.74) is -0.202. The van der Waals surface area contributed by atoms with E-state index in [4.69, 9.17) is 10.7 Å². The molecule has 21 heavy (non-hydrogen) atoms. The molecule has 1 amide bonds. The van der Waals surface area contributed by atoms with Gasteiger partial charge in [0.1, 0.15) is 5.82 Å². The Morgan fingerprint density at radius 3 is 2.62 bits per heavy atom. The Hall–Kier alpha value is -1.14. The number of hydrogen-bond acceptors (Lipinski definition) is 3. The summed E-state index contributed by atoms with van der Waals surface area (Å²) in [6.07, 6.45) is 1.68. The summed E-state index contributed by atoms with van der Waals surface area (Å²) in [4.78, 5) is 13.8. The summed E-state index contributed by atoms with van der Waals surface area (Å²) < 4.78 is 36.5. The lowest BCUT2D eigenvalue weighted by atomic mass is 9.93. The summed E-state index contributed by atoms with van der Waals surface area (Å²) >= 11 is 0. The van der Waals surface area contributed by atoms with Gasteiger partial charge >= 0.3 is 0 Å². The largest absolute Gasteiger partial charge is 0.336 e. The summed E-state index contributed by atoms with van der Waals surface area (Å²) in [6, 6.07) is 2.92. The molecule has 0 N–H and O–H groups in total. The minimum atomic E-state index is -4.10. The van der Waals surface area contributed by atoms with Crippen molar-refractivity contribution < 1.29 is 17.6 Å². The number of piperidine rings is 1. The molecule has 1 saturated heterocycles. The van der Waals surface area contributed by atoms with Crippen LogP contribution in [0, 0.1) is 11.7 Å². The Bertz CT molecular complexity index is 662. The van der Waals surface area contributed by atoms with Crippen molar-refractivity contribution in [2.75, 3.05) is 6.54 Å². The molecule has 1 fully saturated rings. The highest BCUT2D eigenvalue weighted by atomic mass is 35.7. The van der Waals surface area contributed by atoms with E-state index in [-0.39, 0.29) is 16.5 Å². The van der Waals surface area contributed by atoms with Gasteiger partial charge in [0.25, 0.3) is 15.0 Å². The normalized spacial score (nSPS) is 23.1. The second-order valence-electron chi connectivity index (χ2n) is 5.56. The third-order valence-electron chi connectivity index (χ3n) is 3.83. The predicted octanol–water partition coefficient (Wildman–Crippen LogP) is 3.01. The molecular weight excluding hydrogens is 317 g/mol. The van der Waals surface area contributed by atoms with Crippen LogP contribution in [0.4, 0.5) is 4.39 Å². The van der Waals surface area contributed by atoms with Crippen molar-refractivity contribution in [3.05, 3.63) is 29.6 Å². The topological polar surface area (TPSA) is 54.5 Å².